The molecule has 2 N–H and O–H groups in total. The monoisotopic (exact) mass is 329 g/mol. The second-order valence-electron chi connectivity index (χ2n) is 5.66. The first kappa shape index (κ1) is 17.4. The Balaban J connectivity index is 1.74. The van der Waals surface area contributed by atoms with Crippen LogP contribution in [0.15, 0.2) is 59.5 Å². The average molecular weight is 329 g/mol. The summed E-state index contributed by atoms with van der Waals surface area (Å²) in [7, 11) is 0. The number of carbonyl (C=O) groups excluding carboxylic acids is 1. The van der Waals surface area contributed by atoms with Crippen molar-refractivity contribution in [3.63, 3.8) is 0 Å². The molecule has 2 atom stereocenters. The number of hydrogen-bond acceptors (Lipinski definition) is 3. The molecule has 1 amide bonds. The van der Waals surface area contributed by atoms with Crippen molar-refractivity contribution in [2.24, 2.45) is 0 Å². The molecule has 0 heterocycles. The molecule has 0 spiro atoms. The van der Waals surface area contributed by atoms with Crippen LogP contribution >= 0.6 is 11.8 Å². The van der Waals surface area contributed by atoms with E-state index in [0.29, 0.717) is 11.7 Å². The first-order chi connectivity index (χ1) is 11.0. The SMILES string of the molecule is CC(CCC(=O)NC(C)c1ccccc1)Sc1ccc(O)cc1. The minimum Gasteiger partial charge on any atom is -0.508 e. The molecule has 2 aromatic carbocycles. The van der Waals surface area contributed by atoms with Gasteiger partial charge in [0.15, 0.2) is 0 Å². The number of carbonyl (C=O) groups is 1. The van der Waals surface area contributed by atoms with Crippen molar-refractivity contribution < 1.29 is 9.90 Å². The number of thioether (sulfide) groups is 1. The van der Waals surface area contributed by atoms with Crippen LogP contribution in [0.25, 0.3) is 0 Å². The molecule has 0 aliphatic carbocycles. The van der Waals surface area contributed by atoms with Crippen molar-refractivity contribution >= 4 is 17.7 Å². The van der Waals surface area contributed by atoms with Gasteiger partial charge >= 0.3 is 0 Å². The fourth-order valence-electron chi connectivity index (χ4n) is 2.29. The first-order valence-electron chi connectivity index (χ1n) is 7.84. The number of benzene rings is 2. The van der Waals surface area contributed by atoms with Gasteiger partial charge in [0.05, 0.1) is 6.04 Å². The van der Waals surface area contributed by atoms with Crippen LogP contribution < -0.4 is 5.32 Å². The lowest BCUT2D eigenvalue weighted by molar-refractivity contribution is -0.121. The Labute approximate surface area is 142 Å². The molecule has 2 unspecified atom stereocenters. The third-order valence-corrected chi connectivity index (χ3v) is 4.81. The van der Waals surface area contributed by atoms with Crippen LogP contribution in [0.4, 0.5) is 0 Å². The number of phenolic OH excluding ortho intramolecular Hbond substituents is 1. The number of aromatic hydroxyl groups is 1. The zero-order chi connectivity index (χ0) is 16.7. The van der Waals surface area contributed by atoms with Gasteiger partial charge < -0.3 is 10.4 Å². The van der Waals surface area contributed by atoms with Crippen LogP contribution in [-0.2, 0) is 4.79 Å². The molecule has 0 saturated carbocycles. The lowest BCUT2D eigenvalue weighted by Gasteiger charge is -2.15. The third-order valence-electron chi connectivity index (χ3n) is 3.63. The van der Waals surface area contributed by atoms with Crippen LogP contribution in [0.5, 0.6) is 5.75 Å². The maximum Gasteiger partial charge on any atom is 0.220 e. The van der Waals surface area contributed by atoms with Gasteiger partial charge in [0.2, 0.25) is 5.91 Å². The molecule has 122 valence electrons. The van der Waals surface area contributed by atoms with E-state index in [1.54, 1.807) is 23.9 Å². The highest BCUT2D eigenvalue weighted by Gasteiger charge is 2.11. The molecule has 0 aliphatic rings. The Morgan fingerprint density at radius 1 is 1.09 bits per heavy atom. The Hall–Kier alpha value is -1.94. The molecule has 2 aromatic rings. The second kappa shape index (κ2) is 8.63. The van der Waals surface area contributed by atoms with Crippen LogP contribution in [0, 0.1) is 0 Å². The molecule has 4 heteroatoms. The van der Waals surface area contributed by atoms with Crippen molar-refractivity contribution in [2.45, 2.75) is 42.9 Å². The Bertz CT molecular complexity index is 613. The number of phenols is 1. The quantitative estimate of drug-likeness (QED) is 0.734. The van der Waals surface area contributed by atoms with Gasteiger partial charge in [0.25, 0.3) is 0 Å². The smallest absolute Gasteiger partial charge is 0.220 e. The van der Waals surface area contributed by atoms with E-state index < -0.39 is 0 Å². The Kier molecular flexibility index (Phi) is 6.53. The Morgan fingerprint density at radius 3 is 2.39 bits per heavy atom. The highest BCUT2D eigenvalue weighted by molar-refractivity contribution is 7.99. The number of amides is 1. The lowest BCUT2D eigenvalue weighted by atomic mass is 10.1. The third kappa shape index (κ3) is 5.99. The first-order valence-corrected chi connectivity index (χ1v) is 8.72. The van der Waals surface area contributed by atoms with E-state index in [1.807, 2.05) is 49.4 Å². The zero-order valence-electron chi connectivity index (χ0n) is 13.5. The van der Waals surface area contributed by atoms with Crippen molar-refractivity contribution in [2.75, 3.05) is 0 Å². The van der Waals surface area contributed by atoms with E-state index in [4.69, 9.17) is 0 Å². The van der Waals surface area contributed by atoms with Crippen molar-refractivity contribution in [3.05, 3.63) is 60.2 Å². The van der Waals surface area contributed by atoms with Gasteiger partial charge in [-0.15, -0.1) is 11.8 Å². The number of rotatable bonds is 7. The van der Waals surface area contributed by atoms with Gasteiger partial charge in [-0.05, 0) is 43.2 Å². The van der Waals surface area contributed by atoms with Crippen molar-refractivity contribution in [3.8, 4) is 5.75 Å². The van der Waals surface area contributed by atoms with Crippen LogP contribution in [-0.4, -0.2) is 16.3 Å². The molecular formula is C19H23NO2S. The van der Waals surface area contributed by atoms with E-state index in [-0.39, 0.29) is 17.7 Å². The van der Waals surface area contributed by atoms with E-state index in [2.05, 4.69) is 12.2 Å². The summed E-state index contributed by atoms with van der Waals surface area (Å²) in [5.41, 5.74) is 1.12. The van der Waals surface area contributed by atoms with Crippen molar-refractivity contribution in [1.82, 2.24) is 5.32 Å². The average Bonchev–Trinajstić information content (AvgIpc) is 2.56. The van der Waals surface area contributed by atoms with Gasteiger partial charge in [0, 0.05) is 16.6 Å². The van der Waals surface area contributed by atoms with Gasteiger partial charge in [-0.3, -0.25) is 4.79 Å². The summed E-state index contributed by atoms with van der Waals surface area (Å²) < 4.78 is 0. The molecule has 0 aromatic heterocycles. The maximum absolute atomic E-state index is 12.1. The number of hydrogen-bond donors (Lipinski definition) is 2. The van der Waals surface area contributed by atoms with E-state index in [1.165, 1.54) is 0 Å². The summed E-state index contributed by atoms with van der Waals surface area (Å²) in [4.78, 5) is 13.2. The summed E-state index contributed by atoms with van der Waals surface area (Å²) >= 11 is 1.72. The predicted molar refractivity (Wildman–Crippen MR) is 95.7 cm³/mol. The molecule has 0 bridgehead atoms. The number of nitrogens with one attached hydrogen (secondary N) is 1. The molecular weight excluding hydrogens is 306 g/mol. The second-order valence-corrected chi connectivity index (χ2v) is 7.17. The van der Waals surface area contributed by atoms with Gasteiger partial charge in [-0.2, -0.15) is 0 Å². The summed E-state index contributed by atoms with van der Waals surface area (Å²) in [5.74, 6) is 0.357. The van der Waals surface area contributed by atoms with Crippen LogP contribution in [0.1, 0.15) is 38.3 Å². The fraction of sp³-hybridized carbons (Fsp3) is 0.316. The lowest BCUT2D eigenvalue weighted by Crippen LogP contribution is -2.26. The standard InChI is InChI=1S/C19H23NO2S/c1-14(23-18-11-9-17(21)10-12-18)8-13-19(22)20-15(2)16-6-4-3-5-7-16/h3-7,9-12,14-15,21H,8,13H2,1-2H3,(H,20,22). The molecule has 0 saturated heterocycles. The molecule has 2 rings (SSSR count). The van der Waals surface area contributed by atoms with Gasteiger partial charge in [0.1, 0.15) is 5.75 Å². The predicted octanol–water partition coefficient (Wildman–Crippen LogP) is 4.53. The molecule has 23 heavy (non-hydrogen) atoms. The molecule has 3 nitrogen and oxygen atoms in total. The largest absolute Gasteiger partial charge is 0.508 e. The normalized spacial score (nSPS) is 13.3. The van der Waals surface area contributed by atoms with Gasteiger partial charge in [-0.1, -0.05) is 37.3 Å². The van der Waals surface area contributed by atoms with Gasteiger partial charge in [-0.25, -0.2) is 0 Å². The van der Waals surface area contributed by atoms with Crippen LogP contribution in [0.3, 0.4) is 0 Å². The topological polar surface area (TPSA) is 49.3 Å². The highest BCUT2D eigenvalue weighted by atomic mass is 32.2. The summed E-state index contributed by atoms with van der Waals surface area (Å²) in [6.45, 7) is 4.12. The minimum atomic E-state index is 0.0313. The molecule has 0 aliphatic heterocycles. The minimum absolute atomic E-state index is 0.0313. The highest BCUT2D eigenvalue weighted by Crippen LogP contribution is 2.27. The maximum atomic E-state index is 12.1. The van der Waals surface area contributed by atoms with E-state index in [9.17, 15) is 9.90 Å². The molecule has 0 fully saturated rings. The fourth-order valence-corrected chi connectivity index (χ4v) is 3.28. The van der Waals surface area contributed by atoms with E-state index in [0.717, 1.165) is 16.9 Å². The summed E-state index contributed by atoms with van der Waals surface area (Å²) in [5, 5.41) is 12.7. The Morgan fingerprint density at radius 2 is 1.74 bits per heavy atom. The summed E-state index contributed by atoms with van der Waals surface area (Å²) in [6.07, 6.45) is 1.34. The van der Waals surface area contributed by atoms with Crippen molar-refractivity contribution in [1.29, 1.82) is 0 Å². The van der Waals surface area contributed by atoms with Crippen LogP contribution in [0.2, 0.25) is 0 Å². The zero-order valence-corrected chi connectivity index (χ0v) is 14.3. The molecule has 0 radical (unpaired) electrons. The van der Waals surface area contributed by atoms with E-state index >= 15 is 0 Å². The summed E-state index contributed by atoms with van der Waals surface area (Å²) in [6, 6.07) is 17.2.